The highest BCUT2D eigenvalue weighted by molar-refractivity contribution is 5.79. The maximum Gasteiger partial charge on any atom is 0.407 e. The van der Waals surface area contributed by atoms with Crippen LogP contribution in [0, 0.1) is 0 Å². The summed E-state index contributed by atoms with van der Waals surface area (Å²) < 4.78 is 23.6. The van der Waals surface area contributed by atoms with E-state index in [9.17, 15) is 9.90 Å². The van der Waals surface area contributed by atoms with Gasteiger partial charge in [0.1, 0.15) is 6.61 Å². The zero-order chi connectivity index (χ0) is 26.6. The Morgan fingerprint density at radius 1 is 0.842 bits per heavy atom. The van der Waals surface area contributed by atoms with Crippen LogP contribution in [0.1, 0.15) is 28.4 Å². The van der Waals surface area contributed by atoms with Crippen molar-refractivity contribution in [1.29, 1.82) is 0 Å². The van der Waals surface area contributed by atoms with E-state index in [-0.39, 0.29) is 25.7 Å². The molecule has 204 valence electrons. The summed E-state index contributed by atoms with van der Waals surface area (Å²) >= 11 is 0. The zero-order valence-electron chi connectivity index (χ0n) is 21.4. The maximum absolute atomic E-state index is 12.2. The molecule has 38 heavy (non-hydrogen) atoms. The van der Waals surface area contributed by atoms with Crippen LogP contribution >= 0.6 is 0 Å². The number of fused-ring (bicyclic) bond motifs is 3. The summed E-state index contributed by atoms with van der Waals surface area (Å²) in [5.74, 6) is 0.0354. The second kappa shape index (κ2) is 14.6. The summed E-state index contributed by atoms with van der Waals surface area (Å²) in [4.78, 5) is 12.2. The molecule has 10 heteroatoms. The van der Waals surface area contributed by atoms with E-state index in [1.54, 1.807) is 10.7 Å². The molecule has 0 saturated heterocycles. The van der Waals surface area contributed by atoms with Gasteiger partial charge in [0.2, 0.25) is 0 Å². The number of nitrogens with one attached hydrogen (secondary N) is 1. The highest BCUT2D eigenvalue weighted by atomic mass is 16.6. The average molecular weight is 526 g/mol. The Balaban J connectivity index is 1.00. The molecule has 0 aliphatic heterocycles. The van der Waals surface area contributed by atoms with Gasteiger partial charge >= 0.3 is 6.09 Å². The van der Waals surface area contributed by atoms with Crippen LogP contribution in [0.15, 0.2) is 54.6 Å². The van der Waals surface area contributed by atoms with E-state index in [2.05, 4.69) is 34.7 Å². The number of rotatable bonds is 16. The van der Waals surface area contributed by atoms with Gasteiger partial charge in [-0.05, 0) is 28.3 Å². The molecule has 1 aromatic heterocycles. The molecule has 1 amide bonds. The fourth-order valence-electron chi connectivity index (χ4n) is 4.48. The summed E-state index contributed by atoms with van der Waals surface area (Å²) in [5, 5.41) is 25.3. The first kappa shape index (κ1) is 27.7. The molecule has 4 rings (SSSR count). The lowest BCUT2D eigenvalue weighted by Gasteiger charge is -2.14. The third kappa shape index (κ3) is 7.40. The van der Waals surface area contributed by atoms with Gasteiger partial charge in [0.05, 0.1) is 70.8 Å². The molecule has 0 fully saturated rings. The third-order valence-electron chi connectivity index (χ3n) is 6.29. The molecule has 0 spiro atoms. The van der Waals surface area contributed by atoms with Crippen molar-refractivity contribution in [3.63, 3.8) is 0 Å². The standard InChI is InChI=1S/C28H35N3O7/c32-18-21-17-22(19-33)31(30-21)10-12-36-14-16-37-15-13-35-11-9-29-28(34)38-20-27-25-7-3-1-5-23(25)24-6-2-4-8-26(24)27/h1-8,17,27,32-33H,9-16,18-20H2,(H,29,34). The molecule has 0 saturated carbocycles. The molecule has 10 nitrogen and oxygen atoms in total. The van der Waals surface area contributed by atoms with E-state index in [1.165, 1.54) is 22.3 Å². The van der Waals surface area contributed by atoms with Gasteiger partial charge in [-0.2, -0.15) is 5.10 Å². The van der Waals surface area contributed by atoms with Crippen molar-refractivity contribution < 1.29 is 34.0 Å². The van der Waals surface area contributed by atoms with Crippen LogP contribution in [0.2, 0.25) is 0 Å². The van der Waals surface area contributed by atoms with Crippen LogP contribution < -0.4 is 5.32 Å². The number of amides is 1. The Bertz CT molecular complexity index is 1120. The predicted octanol–water partition coefficient (Wildman–Crippen LogP) is 2.46. The number of aliphatic hydroxyl groups is 2. The van der Waals surface area contributed by atoms with Crippen LogP contribution in [0.3, 0.4) is 0 Å². The Hall–Kier alpha value is -3.28. The molecule has 1 heterocycles. The van der Waals surface area contributed by atoms with Crippen LogP contribution in [-0.2, 0) is 38.7 Å². The summed E-state index contributed by atoms with van der Waals surface area (Å²) in [5.41, 5.74) is 5.91. The Morgan fingerprint density at radius 3 is 2.08 bits per heavy atom. The van der Waals surface area contributed by atoms with Crippen molar-refractivity contribution in [2.24, 2.45) is 0 Å². The van der Waals surface area contributed by atoms with Crippen molar-refractivity contribution in [3.05, 3.63) is 77.1 Å². The fraction of sp³-hybridized carbons (Fsp3) is 0.429. The summed E-state index contributed by atoms with van der Waals surface area (Å²) in [6.07, 6.45) is -0.460. The lowest BCUT2D eigenvalue weighted by molar-refractivity contribution is 0.0130. The fourth-order valence-corrected chi connectivity index (χ4v) is 4.48. The first-order valence-corrected chi connectivity index (χ1v) is 12.8. The van der Waals surface area contributed by atoms with Crippen molar-refractivity contribution in [1.82, 2.24) is 15.1 Å². The molecular formula is C28H35N3O7. The van der Waals surface area contributed by atoms with Crippen LogP contribution in [-0.4, -0.2) is 78.9 Å². The van der Waals surface area contributed by atoms with Crippen molar-refractivity contribution in [2.45, 2.75) is 25.7 Å². The predicted molar refractivity (Wildman–Crippen MR) is 140 cm³/mol. The first-order valence-electron chi connectivity index (χ1n) is 12.8. The largest absolute Gasteiger partial charge is 0.449 e. The minimum absolute atomic E-state index is 0.0354. The number of alkyl carbamates (subject to hydrolysis) is 1. The molecule has 1 aliphatic rings. The van der Waals surface area contributed by atoms with Crippen LogP contribution in [0.5, 0.6) is 0 Å². The second-order valence-electron chi connectivity index (χ2n) is 8.76. The molecule has 3 N–H and O–H groups in total. The number of hydrogen-bond acceptors (Lipinski definition) is 8. The number of carbonyl (C=O) groups is 1. The molecule has 2 aromatic carbocycles. The average Bonchev–Trinajstić information content (AvgIpc) is 3.51. The van der Waals surface area contributed by atoms with Crippen molar-refractivity contribution in [2.75, 3.05) is 52.8 Å². The van der Waals surface area contributed by atoms with E-state index >= 15 is 0 Å². The van der Waals surface area contributed by atoms with Gasteiger partial charge in [-0.3, -0.25) is 4.68 Å². The van der Waals surface area contributed by atoms with Gasteiger partial charge in [-0.25, -0.2) is 4.79 Å². The van der Waals surface area contributed by atoms with E-state index in [0.717, 1.165) is 0 Å². The van der Waals surface area contributed by atoms with Gasteiger partial charge in [0, 0.05) is 12.5 Å². The minimum atomic E-state index is -0.460. The van der Waals surface area contributed by atoms with Gasteiger partial charge in [0.15, 0.2) is 0 Å². The van der Waals surface area contributed by atoms with E-state index in [1.807, 2.05) is 24.3 Å². The number of carbonyl (C=O) groups excluding carboxylic acids is 1. The highest BCUT2D eigenvalue weighted by Crippen LogP contribution is 2.44. The van der Waals surface area contributed by atoms with E-state index in [0.29, 0.717) is 64.1 Å². The number of nitrogens with zero attached hydrogens (tertiary/aromatic N) is 2. The number of ether oxygens (including phenoxy) is 4. The minimum Gasteiger partial charge on any atom is -0.449 e. The lowest BCUT2D eigenvalue weighted by Crippen LogP contribution is -2.29. The quantitative estimate of drug-likeness (QED) is 0.244. The topological polar surface area (TPSA) is 124 Å². The summed E-state index contributed by atoms with van der Waals surface area (Å²) in [6, 6.07) is 18.1. The molecule has 0 radical (unpaired) electrons. The number of benzene rings is 2. The first-order chi connectivity index (χ1) is 18.7. The molecule has 3 aromatic rings. The smallest absolute Gasteiger partial charge is 0.407 e. The number of aromatic nitrogens is 2. The van der Waals surface area contributed by atoms with Crippen molar-refractivity contribution >= 4 is 6.09 Å². The van der Waals surface area contributed by atoms with Gasteiger partial charge in [-0.15, -0.1) is 0 Å². The Kier molecular flexibility index (Phi) is 10.7. The second-order valence-corrected chi connectivity index (χ2v) is 8.76. The summed E-state index contributed by atoms with van der Waals surface area (Å²) in [6.45, 7) is 3.26. The Morgan fingerprint density at radius 2 is 1.45 bits per heavy atom. The molecule has 0 bridgehead atoms. The number of hydrogen-bond donors (Lipinski definition) is 3. The Labute approximate surface area is 222 Å². The zero-order valence-corrected chi connectivity index (χ0v) is 21.4. The third-order valence-corrected chi connectivity index (χ3v) is 6.29. The molecular weight excluding hydrogens is 490 g/mol. The molecule has 0 unspecified atom stereocenters. The summed E-state index contributed by atoms with van der Waals surface area (Å²) in [7, 11) is 0. The number of aliphatic hydroxyl groups excluding tert-OH is 2. The van der Waals surface area contributed by atoms with E-state index < -0.39 is 6.09 Å². The van der Waals surface area contributed by atoms with Gasteiger partial charge in [0.25, 0.3) is 0 Å². The van der Waals surface area contributed by atoms with Crippen LogP contribution in [0.4, 0.5) is 4.79 Å². The lowest BCUT2D eigenvalue weighted by atomic mass is 9.98. The molecule has 0 atom stereocenters. The SMILES string of the molecule is O=C(NCCOCCOCCOCCn1nc(CO)cc1CO)OCC1c2ccccc2-c2ccccc21. The molecule has 1 aliphatic carbocycles. The maximum atomic E-state index is 12.2. The van der Waals surface area contributed by atoms with Crippen molar-refractivity contribution in [3.8, 4) is 11.1 Å². The van der Waals surface area contributed by atoms with E-state index in [4.69, 9.17) is 24.1 Å². The normalized spacial score (nSPS) is 12.4. The monoisotopic (exact) mass is 525 g/mol. The van der Waals surface area contributed by atoms with Gasteiger partial charge < -0.3 is 34.5 Å². The highest BCUT2D eigenvalue weighted by Gasteiger charge is 2.28. The van der Waals surface area contributed by atoms with Crippen LogP contribution in [0.25, 0.3) is 11.1 Å². The van der Waals surface area contributed by atoms with Gasteiger partial charge in [-0.1, -0.05) is 48.5 Å².